The van der Waals surface area contributed by atoms with Gasteiger partial charge in [-0.25, -0.2) is 0 Å². The number of pyridine rings is 1. The lowest BCUT2D eigenvalue weighted by Gasteiger charge is -2.12. The fraction of sp³-hybridized carbons (Fsp3) is 0.462. The number of nitrogens with one attached hydrogen (secondary N) is 1. The summed E-state index contributed by atoms with van der Waals surface area (Å²) in [4.78, 5) is 25.8. The average molecular weight is 282 g/mol. The van der Waals surface area contributed by atoms with Crippen LogP contribution in [0, 0.1) is 6.92 Å². The molecule has 0 saturated heterocycles. The molecule has 7 heteroatoms. The predicted molar refractivity (Wildman–Crippen MR) is 69.9 cm³/mol. The Morgan fingerprint density at radius 1 is 1.35 bits per heavy atom. The zero-order valence-electron chi connectivity index (χ0n) is 11.2. The molecule has 7 nitrogen and oxygen atoms in total. The van der Waals surface area contributed by atoms with Gasteiger partial charge in [0.25, 0.3) is 0 Å². The summed E-state index contributed by atoms with van der Waals surface area (Å²) in [6, 6.07) is 0. The average Bonchev–Trinajstić information content (AvgIpc) is 2.40. The third kappa shape index (κ3) is 4.51. The summed E-state index contributed by atoms with van der Waals surface area (Å²) >= 11 is 0. The first-order valence-corrected chi connectivity index (χ1v) is 6.21. The van der Waals surface area contributed by atoms with E-state index in [1.54, 1.807) is 6.92 Å². The smallest absolute Gasteiger partial charge is 0.303 e. The molecular weight excluding hydrogens is 264 g/mol. The minimum atomic E-state index is -0.942. The van der Waals surface area contributed by atoms with Crippen LogP contribution in [0.5, 0.6) is 5.75 Å². The molecule has 1 rings (SSSR count). The first-order valence-electron chi connectivity index (χ1n) is 6.21. The summed E-state index contributed by atoms with van der Waals surface area (Å²) in [6.07, 6.45) is 1.75. The Kier molecular flexibility index (Phi) is 5.92. The highest BCUT2D eigenvalue weighted by molar-refractivity contribution is 5.76. The number of aliphatic carboxylic acids is 1. The van der Waals surface area contributed by atoms with Crippen molar-refractivity contribution in [2.24, 2.45) is 0 Å². The molecule has 0 aliphatic carbocycles. The Labute approximate surface area is 116 Å². The summed E-state index contributed by atoms with van der Waals surface area (Å²) in [5, 5.41) is 30.1. The van der Waals surface area contributed by atoms with Crippen LogP contribution in [-0.4, -0.2) is 32.2 Å². The number of aliphatic hydroxyl groups excluding tert-OH is 1. The van der Waals surface area contributed by atoms with E-state index in [9.17, 15) is 19.8 Å². The Bertz CT molecular complexity index is 502. The van der Waals surface area contributed by atoms with Crippen molar-refractivity contribution in [3.63, 3.8) is 0 Å². The number of aliphatic hydroxyl groups is 1. The van der Waals surface area contributed by atoms with Gasteiger partial charge in [-0.3, -0.25) is 14.6 Å². The summed E-state index contributed by atoms with van der Waals surface area (Å²) < 4.78 is 0. The molecule has 0 radical (unpaired) electrons. The van der Waals surface area contributed by atoms with Crippen molar-refractivity contribution in [3.8, 4) is 5.75 Å². The summed E-state index contributed by atoms with van der Waals surface area (Å²) in [6.45, 7) is 1.40. The largest absolute Gasteiger partial charge is 0.506 e. The molecular formula is C13H18N2O5. The maximum atomic E-state index is 11.5. The Hall–Kier alpha value is -2.15. The number of carboxylic acids is 1. The zero-order chi connectivity index (χ0) is 15.1. The number of carbonyl (C=O) groups excluding carboxylic acids is 1. The van der Waals surface area contributed by atoms with E-state index in [2.05, 4.69) is 10.3 Å². The number of aromatic nitrogens is 1. The highest BCUT2D eigenvalue weighted by Crippen LogP contribution is 2.23. The molecule has 0 aromatic carbocycles. The Balaban J connectivity index is 2.59. The molecule has 0 bridgehead atoms. The fourth-order valence-electron chi connectivity index (χ4n) is 1.69. The second kappa shape index (κ2) is 7.44. The molecule has 0 aliphatic rings. The van der Waals surface area contributed by atoms with Crippen LogP contribution in [0.1, 0.15) is 36.1 Å². The lowest BCUT2D eigenvalue weighted by molar-refractivity contribution is -0.137. The van der Waals surface area contributed by atoms with Gasteiger partial charge < -0.3 is 20.6 Å². The fourth-order valence-corrected chi connectivity index (χ4v) is 1.69. The lowest BCUT2D eigenvalue weighted by Crippen LogP contribution is -2.23. The van der Waals surface area contributed by atoms with Gasteiger partial charge >= 0.3 is 5.97 Å². The third-order valence-corrected chi connectivity index (χ3v) is 2.86. The van der Waals surface area contributed by atoms with Crippen LogP contribution in [-0.2, 0) is 22.7 Å². The molecule has 1 aromatic heterocycles. The van der Waals surface area contributed by atoms with E-state index < -0.39 is 5.97 Å². The maximum absolute atomic E-state index is 11.5. The molecule has 0 spiro atoms. The SMILES string of the molecule is Cc1ncc(CO)c(CNC(=O)CCCC(=O)O)c1O. The number of hydrogen-bond donors (Lipinski definition) is 4. The third-order valence-electron chi connectivity index (χ3n) is 2.86. The van der Waals surface area contributed by atoms with Gasteiger partial charge in [0.05, 0.1) is 12.3 Å². The summed E-state index contributed by atoms with van der Waals surface area (Å²) in [5.41, 5.74) is 1.28. The number of aromatic hydroxyl groups is 1. The van der Waals surface area contributed by atoms with Crippen LogP contribution in [0.2, 0.25) is 0 Å². The molecule has 1 amide bonds. The molecule has 0 atom stereocenters. The minimum Gasteiger partial charge on any atom is -0.506 e. The number of carboxylic acid groups (broad SMARTS) is 1. The standard InChI is InChI=1S/C13H18N2O5/c1-8-13(20)10(9(7-16)5-14-8)6-15-11(17)3-2-4-12(18)19/h5,16,20H,2-4,6-7H2,1H3,(H,15,17)(H,18,19). The van der Waals surface area contributed by atoms with Gasteiger partial charge in [-0.1, -0.05) is 0 Å². The van der Waals surface area contributed by atoms with E-state index in [-0.39, 0.29) is 44.1 Å². The van der Waals surface area contributed by atoms with Crippen molar-refractivity contribution in [1.29, 1.82) is 0 Å². The minimum absolute atomic E-state index is 0.0533. The second-order valence-corrected chi connectivity index (χ2v) is 4.38. The van der Waals surface area contributed by atoms with Crippen molar-refractivity contribution in [2.45, 2.75) is 39.3 Å². The molecule has 0 unspecified atom stereocenters. The van der Waals surface area contributed by atoms with Crippen LogP contribution in [0.25, 0.3) is 0 Å². The molecule has 4 N–H and O–H groups in total. The summed E-state index contributed by atoms with van der Waals surface area (Å²) in [7, 11) is 0. The van der Waals surface area contributed by atoms with Crippen molar-refractivity contribution < 1.29 is 24.9 Å². The molecule has 1 heterocycles. The number of nitrogens with zero attached hydrogens (tertiary/aromatic N) is 1. The first kappa shape index (κ1) is 15.9. The van der Waals surface area contributed by atoms with Crippen LogP contribution >= 0.6 is 0 Å². The Morgan fingerprint density at radius 3 is 2.65 bits per heavy atom. The van der Waals surface area contributed by atoms with Crippen molar-refractivity contribution in [1.82, 2.24) is 10.3 Å². The number of hydrogen-bond acceptors (Lipinski definition) is 5. The predicted octanol–water partition coefficient (Wildman–Crippen LogP) is 0.459. The monoisotopic (exact) mass is 282 g/mol. The van der Waals surface area contributed by atoms with Crippen molar-refractivity contribution >= 4 is 11.9 Å². The van der Waals surface area contributed by atoms with Crippen LogP contribution in [0.3, 0.4) is 0 Å². The van der Waals surface area contributed by atoms with E-state index in [0.717, 1.165) is 0 Å². The number of amides is 1. The van der Waals surface area contributed by atoms with Gasteiger partial charge in [-0.05, 0) is 13.3 Å². The van der Waals surface area contributed by atoms with E-state index in [1.165, 1.54) is 6.20 Å². The van der Waals surface area contributed by atoms with Crippen LogP contribution < -0.4 is 5.32 Å². The normalized spacial score (nSPS) is 10.3. The van der Waals surface area contributed by atoms with E-state index in [0.29, 0.717) is 16.8 Å². The highest BCUT2D eigenvalue weighted by Gasteiger charge is 2.12. The topological polar surface area (TPSA) is 120 Å². The summed E-state index contributed by atoms with van der Waals surface area (Å²) in [5.74, 6) is -1.30. The van der Waals surface area contributed by atoms with E-state index >= 15 is 0 Å². The van der Waals surface area contributed by atoms with Crippen LogP contribution in [0.4, 0.5) is 0 Å². The quantitative estimate of drug-likeness (QED) is 0.576. The van der Waals surface area contributed by atoms with Gasteiger partial charge in [0.2, 0.25) is 5.91 Å². The second-order valence-electron chi connectivity index (χ2n) is 4.38. The number of carbonyl (C=O) groups is 2. The molecule has 1 aromatic rings. The van der Waals surface area contributed by atoms with Gasteiger partial charge in [0, 0.05) is 36.7 Å². The molecule has 0 saturated carbocycles. The van der Waals surface area contributed by atoms with E-state index in [1.807, 2.05) is 0 Å². The zero-order valence-corrected chi connectivity index (χ0v) is 11.2. The first-order chi connectivity index (χ1) is 9.45. The highest BCUT2D eigenvalue weighted by atomic mass is 16.4. The Morgan fingerprint density at radius 2 is 2.05 bits per heavy atom. The van der Waals surface area contributed by atoms with Crippen molar-refractivity contribution in [2.75, 3.05) is 0 Å². The van der Waals surface area contributed by atoms with Gasteiger partial charge in [-0.2, -0.15) is 0 Å². The molecule has 0 fully saturated rings. The number of rotatable bonds is 7. The van der Waals surface area contributed by atoms with Crippen molar-refractivity contribution in [3.05, 3.63) is 23.0 Å². The van der Waals surface area contributed by atoms with Gasteiger partial charge in [-0.15, -0.1) is 0 Å². The van der Waals surface area contributed by atoms with E-state index in [4.69, 9.17) is 5.11 Å². The molecule has 0 aliphatic heterocycles. The maximum Gasteiger partial charge on any atom is 0.303 e. The van der Waals surface area contributed by atoms with Crippen LogP contribution in [0.15, 0.2) is 6.20 Å². The lowest BCUT2D eigenvalue weighted by atomic mass is 10.1. The number of aryl methyl sites for hydroxylation is 1. The van der Waals surface area contributed by atoms with Gasteiger partial charge in [0.15, 0.2) is 0 Å². The molecule has 110 valence electrons. The van der Waals surface area contributed by atoms with Gasteiger partial charge in [0.1, 0.15) is 5.75 Å². The molecule has 20 heavy (non-hydrogen) atoms.